The Morgan fingerprint density at radius 1 is 1.40 bits per heavy atom. The lowest BCUT2D eigenvalue weighted by atomic mass is 10.0. The largest absolute Gasteiger partial charge is 0.386 e. The first-order valence-corrected chi connectivity index (χ1v) is 3.83. The zero-order valence-electron chi connectivity index (χ0n) is 5.98. The predicted molar refractivity (Wildman–Crippen MR) is 41.4 cm³/mol. The molecule has 2 N–H and O–H groups in total. The molecule has 2 heterocycles. The zero-order chi connectivity index (χ0) is 6.81. The molecule has 2 aliphatic heterocycles. The Balaban J connectivity index is 2.19. The maximum absolute atomic E-state index is 3.35. The van der Waals surface area contributed by atoms with Crippen LogP contribution in [0.3, 0.4) is 0 Å². The van der Waals surface area contributed by atoms with E-state index in [0.717, 1.165) is 13.1 Å². The molecule has 0 spiro atoms. The van der Waals surface area contributed by atoms with Crippen molar-refractivity contribution in [3.05, 3.63) is 23.5 Å². The van der Waals surface area contributed by atoms with E-state index in [4.69, 9.17) is 0 Å². The number of hydrogen-bond acceptors (Lipinski definition) is 2. The minimum absolute atomic E-state index is 1.00. The van der Waals surface area contributed by atoms with Gasteiger partial charge < -0.3 is 10.6 Å². The first-order valence-electron chi connectivity index (χ1n) is 3.83. The Hall–Kier alpha value is -0.920. The minimum atomic E-state index is 1.00. The molecule has 0 aromatic rings. The van der Waals surface area contributed by atoms with Crippen LogP contribution in [-0.2, 0) is 0 Å². The summed E-state index contributed by atoms with van der Waals surface area (Å²) in [5, 5.41) is 6.53. The van der Waals surface area contributed by atoms with E-state index in [9.17, 15) is 0 Å². The van der Waals surface area contributed by atoms with E-state index < -0.39 is 0 Å². The van der Waals surface area contributed by atoms with Gasteiger partial charge in [0.25, 0.3) is 0 Å². The topological polar surface area (TPSA) is 24.1 Å². The van der Waals surface area contributed by atoms with E-state index in [2.05, 4.69) is 22.9 Å². The summed E-state index contributed by atoms with van der Waals surface area (Å²) in [6.45, 7) is 2.13. The van der Waals surface area contributed by atoms with Gasteiger partial charge in [-0.2, -0.15) is 0 Å². The van der Waals surface area contributed by atoms with Crippen molar-refractivity contribution in [3.8, 4) is 0 Å². The number of dihydropyridines is 1. The average molecular weight is 136 g/mol. The van der Waals surface area contributed by atoms with Gasteiger partial charge in [-0.1, -0.05) is 6.08 Å². The Morgan fingerprint density at radius 3 is 3.30 bits per heavy atom. The second-order valence-corrected chi connectivity index (χ2v) is 2.73. The first kappa shape index (κ1) is 5.83. The van der Waals surface area contributed by atoms with Crippen LogP contribution in [0.25, 0.3) is 0 Å². The quantitative estimate of drug-likeness (QED) is 0.513. The van der Waals surface area contributed by atoms with Gasteiger partial charge in [0.1, 0.15) is 0 Å². The number of rotatable bonds is 0. The molecule has 0 bridgehead atoms. The van der Waals surface area contributed by atoms with Gasteiger partial charge >= 0.3 is 0 Å². The second kappa shape index (κ2) is 2.37. The summed E-state index contributed by atoms with van der Waals surface area (Å²) in [6.07, 6.45) is 6.87. The summed E-state index contributed by atoms with van der Waals surface area (Å²) in [6, 6.07) is 0. The molecule has 2 rings (SSSR count). The predicted octanol–water partition coefficient (Wildman–Crippen LogP) is 0.741. The SMILES string of the molecule is C1=C2CCCNC2=CNC1. The molecule has 0 aromatic heterocycles. The first-order chi connectivity index (χ1) is 4.97. The molecule has 0 aromatic carbocycles. The summed E-state index contributed by atoms with van der Waals surface area (Å²) in [5.74, 6) is 0. The lowest BCUT2D eigenvalue weighted by Crippen LogP contribution is -2.27. The van der Waals surface area contributed by atoms with Crippen molar-refractivity contribution in [2.75, 3.05) is 13.1 Å². The van der Waals surface area contributed by atoms with Crippen LogP contribution in [0.1, 0.15) is 12.8 Å². The molecule has 0 saturated carbocycles. The van der Waals surface area contributed by atoms with Crippen molar-refractivity contribution >= 4 is 0 Å². The van der Waals surface area contributed by atoms with Crippen LogP contribution in [0.2, 0.25) is 0 Å². The van der Waals surface area contributed by atoms with Gasteiger partial charge in [-0.05, 0) is 18.4 Å². The molecule has 10 heavy (non-hydrogen) atoms. The third-order valence-corrected chi connectivity index (χ3v) is 2.00. The van der Waals surface area contributed by atoms with Gasteiger partial charge in [-0.25, -0.2) is 0 Å². The number of nitrogens with one attached hydrogen (secondary N) is 2. The van der Waals surface area contributed by atoms with Crippen LogP contribution < -0.4 is 10.6 Å². The van der Waals surface area contributed by atoms with Crippen molar-refractivity contribution in [1.82, 2.24) is 10.6 Å². The van der Waals surface area contributed by atoms with Crippen molar-refractivity contribution in [2.45, 2.75) is 12.8 Å². The molecular weight excluding hydrogens is 124 g/mol. The average Bonchev–Trinajstić information content (AvgIpc) is 2.05. The molecular formula is C8H12N2. The highest BCUT2D eigenvalue weighted by atomic mass is 14.9. The Morgan fingerprint density at radius 2 is 2.40 bits per heavy atom. The minimum Gasteiger partial charge on any atom is -0.386 e. The van der Waals surface area contributed by atoms with Gasteiger partial charge in [0.15, 0.2) is 0 Å². The third-order valence-electron chi connectivity index (χ3n) is 2.00. The lowest BCUT2D eigenvalue weighted by molar-refractivity contribution is 0.651. The smallest absolute Gasteiger partial charge is 0.0529 e. The number of hydrogen-bond donors (Lipinski definition) is 2. The highest BCUT2D eigenvalue weighted by Crippen LogP contribution is 2.18. The van der Waals surface area contributed by atoms with Gasteiger partial charge in [-0.15, -0.1) is 0 Å². The maximum atomic E-state index is 3.35. The molecule has 1 fully saturated rings. The highest BCUT2D eigenvalue weighted by Gasteiger charge is 2.11. The lowest BCUT2D eigenvalue weighted by Gasteiger charge is -2.23. The van der Waals surface area contributed by atoms with Gasteiger partial charge in [0.05, 0.1) is 5.70 Å². The molecule has 2 heteroatoms. The second-order valence-electron chi connectivity index (χ2n) is 2.73. The van der Waals surface area contributed by atoms with Crippen molar-refractivity contribution in [2.24, 2.45) is 0 Å². The van der Waals surface area contributed by atoms with Crippen LogP contribution in [0.15, 0.2) is 23.5 Å². The molecule has 0 unspecified atom stereocenters. The van der Waals surface area contributed by atoms with E-state index in [1.165, 1.54) is 24.1 Å². The van der Waals surface area contributed by atoms with E-state index in [-0.39, 0.29) is 0 Å². The molecule has 54 valence electrons. The molecule has 0 radical (unpaired) electrons. The van der Waals surface area contributed by atoms with E-state index >= 15 is 0 Å². The van der Waals surface area contributed by atoms with Crippen LogP contribution in [-0.4, -0.2) is 13.1 Å². The number of fused-ring (bicyclic) bond motifs is 1. The molecule has 0 aliphatic carbocycles. The van der Waals surface area contributed by atoms with Crippen LogP contribution >= 0.6 is 0 Å². The molecule has 0 atom stereocenters. The fourth-order valence-electron chi connectivity index (χ4n) is 1.45. The Kier molecular flexibility index (Phi) is 1.38. The summed E-state index contributed by atoms with van der Waals surface area (Å²) < 4.78 is 0. The van der Waals surface area contributed by atoms with Gasteiger partial charge in [-0.3, -0.25) is 0 Å². The summed E-state index contributed by atoms with van der Waals surface area (Å²) >= 11 is 0. The van der Waals surface area contributed by atoms with Crippen molar-refractivity contribution in [3.63, 3.8) is 0 Å². The maximum Gasteiger partial charge on any atom is 0.0529 e. The highest BCUT2D eigenvalue weighted by molar-refractivity contribution is 5.33. The fraction of sp³-hybridized carbons (Fsp3) is 0.500. The van der Waals surface area contributed by atoms with Crippen molar-refractivity contribution in [1.29, 1.82) is 0 Å². The van der Waals surface area contributed by atoms with Gasteiger partial charge in [0, 0.05) is 19.3 Å². The van der Waals surface area contributed by atoms with Crippen molar-refractivity contribution < 1.29 is 0 Å². The van der Waals surface area contributed by atoms with Crippen LogP contribution in [0.4, 0.5) is 0 Å². The Bertz CT molecular complexity index is 169. The number of allylic oxidation sites excluding steroid dienone is 1. The number of piperidine rings is 1. The monoisotopic (exact) mass is 136 g/mol. The van der Waals surface area contributed by atoms with E-state index in [1.807, 2.05) is 0 Å². The molecule has 1 saturated heterocycles. The molecule has 2 nitrogen and oxygen atoms in total. The Labute approximate surface area is 61.0 Å². The molecule has 2 aliphatic rings. The standard InChI is InChI=1S/C8H12N2/c1-2-7-3-5-9-6-8(7)10-4-1/h3,6,9-10H,1-2,4-5H2. The van der Waals surface area contributed by atoms with E-state index in [1.54, 1.807) is 0 Å². The third kappa shape index (κ3) is 0.897. The fourth-order valence-corrected chi connectivity index (χ4v) is 1.45. The van der Waals surface area contributed by atoms with E-state index in [0.29, 0.717) is 0 Å². The van der Waals surface area contributed by atoms with Crippen LogP contribution in [0, 0.1) is 0 Å². The zero-order valence-corrected chi connectivity index (χ0v) is 5.98. The summed E-state index contributed by atoms with van der Waals surface area (Å²) in [7, 11) is 0. The summed E-state index contributed by atoms with van der Waals surface area (Å²) in [4.78, 5) is 0. The summed E-state index contributed by atoms with van der Waals surface area (Å²) in [5.41, 5.74) is 2.79. The van der Waals surface area contributed by atoms with Gasteiger partial charge in [0.2, 0.25) is 0 Å². The normalized spacial score (nSPS) is 23.2. The molecule has 0 amide bonds. The van der Waals surface area contributed by atoms with Crippen LogP contribution in [0.5, 0.6) is 0 Å².